The molecule has 2 unspecified atom stereocenters. The van der Waals surface area contributed by atoms with E-state index in [1.165, 1.54) is 11.0 Å². The Hall–Kier alpha value is -1.56. The number of aliphatic carboxylic acids is 1. The second-order valence-electron chi connectivity index (χ2n) is 4.71. The molecule has 2 atom stereocenters. The zero-order valence-corrected chi connectivity index (χ0v) is 10.2. The Bertz CT molecular complexity index is 346. The monoisotopic (exact) mass is 254 g/mol. The average Bonchev–Trinajstić information content (AvgIpc) is 2.66. The fourth-order valence-corrected chi connectivity index (χ4v) is 2.50. The predicted molar refractivity (Wildman–Crippen MR) is 64.3 cm³/mol. The van der Waals surface area contributed by atoms with E-state index in [0.29, 0.717) is 13.1 Å². The number of nitrogens with zero attached hydrogens (tertiary/aromatic N) is 2. The van der Waals surface area contributed by atoms with Gasteiger partial charge < -0.3 is 19.6 Å². The smallest absolute Gasteiger partial charge is 0.323 e. The maximum atomic E-state index is 12.2. The van der Waals surface area contributed by atoms with Crippen molar-refractivity contribution in [3.05, 3.63) is 12.7 Å². The van der Waals surface area contributed by atoms with Crippen LogP contribution in [0.3, 0.4) is 0 Å². The van der Waals surface area contributed by atoms with Gasteiger partial charge in [0.05, 0.1) is 12.2 Å². The van der Waals surface area contributed by atoms with Crippen LogP contribution in [-0.2, 0) is 9.53 Å². The molecule has 18 heavy (non-hydrogen) atoms. The highest BCUT2D eigenvalue weighted by atomic mass is 16.5. The third-order valence-corrected chi connectivity index (χ3v) is 3.26. The molecular weight excluding hydrogens is 236 g/mol. The SMILES string of the molecule is C=CCN(CC(=O)O)C(=O)N1CC2CCC(C1)O2. The molecule has 0 aromatic carbocycles. The van der Waals surface area contributed by atoms with Crippen molar-refractivity contribution in [1.82, 2.24) is 9.80 Å². The van der Waals surface area contributed by atoms with Gasteiger partial charge in [-0.3, -0.25) is 4.79 Å². The maximum absolute atomic E-state index is 12.2. The van der Waals surface area contributed by atoms with Gasteiger partial charge in [0, 0.05) is 19.6 Å². The van der Waals surface area contributed by atoms with Crippen LogP contribution in [0.4, 0.5) is 4.79 Å². The van der Waals surface area contributed by atoms with Crippen LogP contribution in [0, 0.1) is 0 Å². The van der Waals surface area contributed by atoms with Gasteiger partial charge in [-0.25, -0.2) is 4.79 Å². The van der Waals surface area contributed by atoms with E-state index in [-0.39, 0.29) is 31.3 Å². The number of rotatable bonds is 4. The van der Waals surface area contributed by atoms with Gasteiger partial charge in [0.1, 0.15) is 6.54 Å². The van der Waals surface area contributed by atoms with Crippen molar-refractivity contribution >= 4 is 12.0 Å². The van der Waals surface area contributed by atoms with Crippen molar-refractivity contribution in [2.24, 2.45) is 0 Å². The molecule has 2 rings (SSSR count). The Morgan fingerprint density at radius 1 is 1.39 bits per heavy atom. The van der Waals surface area contributed by atoms with Crippen LogP contribution in [0.5, 0.6) is 0 Å². The molecule has 2 amide bonds. The summed E-state index contributed by atoms with van der Waals surface area (Å²) in [5.74, 6) is -1.01. The van der Waals surface area contributed by atoms with Gasteiger partial charge in [-0.15, -0.1) is 6.58 Å². The van der Waals surface area contributed by atoms with Crippen LogP contribution in [0.15, 0.2) is 12.7 Å². The Labute approximate surface area is 106 Å². The zero-order chi connectivity index (χ0) is 13.1. The van der Waals surface area contributed by atoms with E-state index in [1.54, 1.807) is 4.90 Å². The van der Waals surface area contributed by atoms with E-state index in [9.17, 15) is 9.59 Å². The number of hydrogen-bond donors (Lipinski definition) is 1. The number of urea groups is 1. The Balaban J connectivity index is 1.99. The van der Waals surface area contributed by atoms with E-state index in [1.807, 2.05) is 0 Å². The molecule has 0 aliphatic carbocycles. The topological polar surface area (TPSA) is 70.1 Å². The number of carboxylic acid groups (broad SMARTS) is 1. The molecule has 100 valence electrons. The molecule has 2 heterocycles. The quantitative estimate of drug-likeness (QED) is 0.743. The molecule has 6 heteroatoms. The molecule has 2 aliphatic heterocycles. The van der Waals surface area contributed by atoms with Crippen LogP contribution < -0.4 is 0 Å². The molecule has 2 saturated heterocycles. The molecule has 2 fully saturated rings. The fraction of sp³-hybridized carbons (Fsp3) is 0.667. The van der Waals surface area contributed by atoms with Crippen LogP contribution in [-0.4, -0.2) is 65.3 Å². The third kappa shape index (κ3) is 2.81. The molecule has 2 aliphatic rings. The third-order valence-electron chi connectivity index (χ3n) is 3.26. The van der Waals surface area contributed by atoms with Gasteiger partial charge in [-0.2, -0.15) is 0 Å². The van der Waals surface area contributed by atoms with Crippen molar-refractivity contribution in [2.45, 2.75) is 25.0 Å². The summed E-state index contributed by atoms with van der Waals surface area (Å²) >= 11 is 0. The fourth-order valence-electron chi connectivity index (χ4n) is 2.50. The second-order valence-corrected chi connectivity index (χ2v) is 4.71. The van der Waals surface area contributed by atoms with Crippen molar-refractivity contribution in [3.8, 4) is 0 Å². The van der Waals surface area contributed by atoms with Crippen LogP contribution >= 0.6 is 0 Å². The Kier molecular flexibility index (Phi) is 3.86. The second kappa shape index (κ2) is 5.39. The van der Waals surface area contributed by atoms with Crippen molar-refractivity contribution in [3.63, 3.8) is 0 Å². The van der Waals surface area contributed by atoms with E-state index in [2.05, 4.69) is 6.58 Å². The lowest BCUT2D eigenvalue weighted by molar-refractivity contribution is -0.137. The summed E-state index contributed by atoms with van der Waals surface area (Å²) in [4.78, 5) is 26.0. The van der Waals surface area contributed by atoms with Crippen LogP contribution in [0.1, 0.15) is 12.8 Å². The summed E-state index contributed by atoms with van der Waals surface area (Å²) in [7, 11) is 0. The summed E-state index contributed by atoms with van der Waals surface area (Å²) < 4.78 is 5.65. The number of carbonyl (C=O) groups excluding carboxylic acids is 1. The minimum atomic E-state index is -1.01. The maximum Gasteiger partial charge on any atom is 0.323 e. The minimum Gasteiger partial charge on any atom is -0.480 e. The van der Waals surface area contributed by atoms with Gasteiger partial charge in [0.2, 0.25) is 0 Å². The summed E-state index contributed by atoms with van der Waals surface area (Å²) in [5, 5.41) is 8.80. The zero-order valence-electron chi connectivity index (χ0n) is 10.2. The first-order valence-corrected chi connectivity index (χ1v) is 6.12. The minimum absolute atomic E-state index is 0.114. The first kappa shape index (κ1) is 12.9. The molecular formula is C12H18N2O4. The molecule has 0 aromatic rings. The Morgan fingerprint density at radius 2 is 2.00 bits per heavy atom. The molecule has 0 aromatic heterocycles. The Morgan fingerprint density at radius 3 is 2.50 bits per heavy atom. The lowest BCUT2D eigenvalue weighted by Crippen LogP contribution is -2.52. The van der Waals surface area contributed by atoms with Gasteiger partial charge in [0.25, 0.3) is 0 Å². The highest BCUT2D eigenvalue weighted by molar-refractivity contribution is 5.80. The number of hydrogen-bond acceptors (Lipinski definition) is 3. The number of carboxylic acids is 1. The lowest BCUT2D eigenvalue weighted by atomic mass is 10.2. The standard InChI is InChI=1S/C12H18N2O4/c1-2-5-13(8-11(15)16)12(17)14-6-9-3-4-10(7-14)18-9/h2,9-10H,1,3-8H2,(H,15,16). The molecule has 0 spiro atoms. The van der Waals surface area contributed by atoms with Gasteiger partial charge >= 0.3 is 12.0 Å². The van der Waals surface area contributed by atoms with E-state index in [4.69, 9.17) is 9.84 Å². The number of ether oxygens (including phenoxy) is 1. The normalized spacial score (nSPS) is 25.9. The molecule has 1 N–H and O–H groups in total. The molecule has 0 saturated carbocycles. The predicted octanol–water partition coefficient (Wildman–Crippen LogP) is 0.542. The number of morpholine rings is 1. The summed E-state index contributed by atoms with van der Waals surface area (Å²) in [5.41, 5.74) is 0. The summed E-state index contributed by atoms with van der Waals surface area (Å²) in [6, 6.07) is -0.238. The molecule has 0 radical (unpaired) electrons. The van der Waals surface area contributed by atoms with E-state index in [0.717, 1.165) is 12.8 Å². The van der Waals surface area contributed by atoms with E-state index < -0.39 is 5.97 Å². The van der Waals surface area contributed by atoms with Crippen molar-refractivity contribution in [2.75, 3.05) is 26.2 Å². The van der Waals surface area contributed by atoms with Gasteiger partial charge in [-0.1, -0.05) is 6.08 Å². The summed E-state index contributed by atoms with van der Waals surface area (Å²) in [6.45, 7) is 4.62. The first-order chi connectivity index (χ1) is 8.60. The lowest BCUT2D eigenvalue weighted by Gasteiger charge is -2.35. The van der Waals surface area contributed by atoms with Gasteiger partial charge in [-0.05, 0) is 12.8 Å². The summed E-state index contributed by atoms with van der Waals surface area (Å²) in [6.07, 6.45) is 3.73. The number of likely N-dealkylation sites (tertiary alicyclic amines) is 1. The highest BCUT2D eigenvalue weighted by Crippen LogP contribution is 2.26. The van der Waals surface area contributed by atoms with Gasteiger partial charge in [0.15, 0.2) is 0 Å². The van der Waals surface area contributed by atoms with Crippen LogP contribution in [0.25, 0.3) is 0 Å². The number of fused-ring (bicyclic) bond motifs is 2. The molecule has 6 nitrogen and oxygen atoms in total. The number of amides is 2. The van der Waals surface area contributed by atoms with Crippen LogP contribution in [0.2, 0.25) is 0 Å². The van der Waals surface area contributed by atoms with Crippen molar-refractivity contribution < 1.29 is 19.4 Å². The van der Waals surface area contributed by atoms with E-state index >= 15 is 0 Å². The molecule has 2 bridgehead atoms. The highest BCUT2D eigenvalue weighted by Gasteiger charge is 2.37. The van der Waals surface area contributed by atoms with Crippen molar-refractivity contribution in [1.29, 1.82) is 0 Å². The largest absolute Gasteiger partial charge is 0.480 e. The number of carbonyl (C=O) groups is 2. The average molecular weight is 254 g/mol. The first-order valence-electron chi connectivity index (χ1n) is 6.12.